The Labute approximate surface area is 177 Å². The molecule has 2 aromatic rings. The number of amides is 1. The summed E-state index contributed by atoms with van der Waals surface area (Å²) in [5, 5.41) is 10.1. The molecule has 1 fully saturated rings. The normalized spacial score (nSPS) is 17.0. The summed E-state index contributed by atoms with van der Waals surface area (Å²) in [6, 6.07) is 11.8. The number of carbonyl (C=O) groups is 1. The summed E-state index contributed by atoms with van der Waals surface area (Å²) in [6.07, 6.45) is 3.15. The Balaban J connectivity index is 1.47. The van der Waals surface area contributed by atoms with Gasteiger partial charge in [-0.3, -0.25) is 4.79 Å². The second-order valence-electron chi connectivity index (χ2n) is 7.57. The number of benzene rings is 2. The topological polar surface area (TPSA) is 56.4 Å². The minimum Gasteiger partial charge on any atom is -0.369 e. The van der Waals surface area contributed by atoms with E-state index in [9.17, 15) is 4.79 Å². The predicted octanol–water partition coefficient (Wildman–Crippen LogP) is 3.69. The molecule has 0 aromatic heterocycles. The predicted molar refractivity (Wildman–Crippen MR) is 121 cm³/mol. The Hall–Kier alpha value is -2.34. The van der Waals surface area contributed by atoms with Gasteiger partial charge in [-0.1, -0.05) is 23.7 Å². The molecule has 1 amide bonds. The van der Waals surface area contributed by atoms with Crippen LogP contribution in [0.5, 0.6) is 0 Å². The summed E-state index contributed by atoms with van der Waals surface area (Å²) < 4.78 is 0. The molecule has 0 bridgehead atoms. The monoisotopic (exact) mass is 410 g/mol. The third-order valence-electron chi connectivity index (χ3n) is 5.56. The Kier molecular flexibility index (Phi) is 6.19. The molecule has 6 heteroatoms. The molecule has 0 spiro atoms. The zero-order valence-electron chi connectivity index (χ0n) is 16.7. The summed E-state index contributed by atoms with van der Waals surface area (Å²) in [5.74, 6) is -0.185. The molecule has 0 aliphatic carbocycles. The van der Waals surface area contributed by atoms with Crippen LogP contribution < -0.4 is 20.9 Å². The molecule has 4 rings (SSSR count). The molecular formula is C23H27ClN4O. The van der Waals surface area contributed by atoms with Crippen LogP contribution in [-0.2, 0) is 0 Å². The Bertz CT molecular complexity index is 934. The molecule has 3 N–H and O–H groups in total. The first-order chi connectivity index (χ1) is 14.1. The lowest BCUT2D eigenvalue weighted by Gasteiger charge is -2.30. The van der Waals surface area contributed by atoms with E-state index in [1.54, 1.807) is 0 Å². The highest BCUT2D eigenvalue weighted by Gasteiger charge is 2.16. The highest BCUT2D eigenvalue weighted by molar-refractivity contribution is 6.34. The molecule has 0 atom stereocenters. The van der Waals surface area contributed by atoms with Gasteiger partial charge in [0.2, 0.25) is 0 Å². The molecular weight excluding hydrogens is 384 g/mol. The summed E-state index contributed by atoms with van der Waals surface area (Å²) in [5.41, 5.74) is 6.02. The SMILES string of the molecule is Cc1cc(NC(=O)c2ccc(C3=CCNCC3)cc2Cl)ccc1N1CCNCC1. The van der Waals surface area contributed by atoms with Gasteiger partial charge in [0.15, 0.2) is 0 Å². The number of halogens is 1. The lowest BCUT2D eigenvalue weighted by Crippen LogP contribution is -2.43. The summed E-state index contributed by atoms with van der Waals surface area (Å²) in [6.45, 7) is 7.93. The quantitative estimate of drug-likeness (QED) is 0.719. The molecule has 152 valence electrons. The van der Waals surface area contributed by atoms with E-state index in [0.29, 0.717) is 10.6 Å². The lowest BCUT2D eigenvalue weighted by molar-refractivity contribution is 0.102. The van der Waals surface area contributed by atoms with Crippen molar-refractivity contribution in [2.45, 2.75) is 13.3 Å². The number of carbonyl (C=O) groups excluding carboxylic acids is 1. The molecule has 0 saturated carbocycles. The lowest BCUT2D eigenvalue weighted by atomic mass is 9.99. The standard InChI is InChI=1S/C23H27ClN4O/c1-16-14-19(3-5-22(16)28-12-10-26-11-13-28)27-23(29)20-4-2-18(15-21(20)24)17-6-8-25-9-7-17/h2-6,14-15,25-26H,7-13H2,1H3,(H,27,29). The third kappa shape index (κ3) is 4.64. The van der Waals surface area contributed by atoms with E-state index in [4.69, 9.17) is 11.6 Å². The van der Waals surface area contributed by atoms with Crippen LogP contribution in [0.3, 0.4) is 0 Å². The minimum absolute atomic E-state index is 0.185. The number of hydrogen-bond acceptors (Lipinski definition) is 4. The van der Waals surface area contributed by atoms with Crippen LogP contribution in [0.2, 0.25) is 5.02 Å². The maximum atomic E-state index is 12.8. The number of aryl methyl sites for hydroxylation is 1. The van der Waals surface area contributed by atoms with Crippen molar-refractivity contribution in [3.8, 4) is 0 Å². The van der Waals surface area contributed by atoms with Crippen LogP contribution in [0.15, 0.2) is 42.5 Å². The van der Waals surface area contributed by atoms with Crippen molar-refractivity contribution >= 4 is 34.5 Å². The highest BCUT2D eigenvalue weighted by atomic mass is 35.5. The van der Waals surface area contributed by atoms with Gasteiger partial charge in [-0.15, -0.1) is 0 Å². The van der Waals surface area contributed by atoms with Crippen molar-refractivity contribution in [2.75, 3.05) is 49.5 Å². The van der Waals surface area contributed by atoms with Gasteiger partial charge < -0.3 is 20.9 Å². The van der Waals surface area contributed by atoms with Gasteiger partial charge in [-0.05, 0) is 66.9 Å². The van der Waals surface area contributed by atoms with Crippen LogP contribution in [0.1, 0.15) is 27.9 Å². The van der Waals surface area contributed by atoms with E-state index in [-0.39, 0.29) is 5.91 Å². The fourth-order valence-corrected chi connectivity index (χ4v) is 4.24. The zero-order chi connectivity index (χ0) is 20.2. The fourth-order valence-electron chi connectivity index (χ4n) is 3.98. The molecule has 5 nitrogen and oxygen atoms in total. The second kappa shape index (κ2) is 8.99. The van der Waals surface area contributed by atoms with Gasteiger partial charge in [0.1, 0.15) is 0 Å². The van der Waals surface area contributed by atoms with Crippen LogP contribution in [0, 0.1) is 6.92 Å². The Morgan fingerprint density at radius 3 is 2.59 bits per heavy atom. The number of nitrogens with zero attached hydrogens (tertiary/aromatic N) is 1. The number of anilines is 2. The van der Waals surface area contributed by atoms with Crippen molar-refractivity contribution in [3.05, 3.63) is 64.2 Å². The number of nitrogens with one attached hydrogen (secondary N) is 3. The molecule has 2 aliphatic rings. The van der Waals surface area contributed by atoms with Gasteiger partial charge in [0.25, 0.3) is 5.91 Å². The van der Waals surface area contributed by atoms with Crippen LogP contribution in [-0.4, -0.2) is 45.2 Å². The smallest absolute Gasteiger partial charge is 0.257 e. The molecule has 0 radical (unpaired) electrons. The van der Waals surface area contributed by atoms with Crippen molar-refractivity contribution in [3.63, 3.8) is 0 Å². The number of piperazine rings is 1. The van der Waals surface area contributed by atoms with Crippen LogP contribution >= 0.6 is 11.6 Å². The molecule has 2 aliphatic heterocycles. The summed E-state index contributed by atoms with van der Waals surface area (Å²) >= 11 is 6.45. The van der Waals surface area contributed by atoms with Gasteiger partial charge >= 0.3 is 0 Å². The van der Waals surface area contributed by atoms with E-state index in [1.807, 2.05) is 30.3 Å². The fraction of sp³-hybridized carbons (Fsp3) is 0.348. The van der Waals surface area contributed by atoms with E-state index < -0.39 is 0 Å². The molecule has 0 unspecified atom stereocenters. The molecule has 1 saturated heterocycles. The Morgan fingerprint density at radius 1 is 1.07 bits per heavy atom. The van der Waals surface area contributed by atoms with Gasteiger partial charge in [0.05, 0.1) is 10.6 Å². The highest BCUT2D eigenvalue weighted by Crippen LogP contribution is 2.27. The largest absolute Gasteiger partial charge is 0.369 e. The molecule has 29 heavy (non-hydrogen) atoms. The van der Waals surface area contributed by atoms with Crippen molar-refractivity contribution in [1.82, 2.24) is 10.6 Å². The van der Waals surface area contributed by atoms with Crippen LogP contribution in [0.4, 0.5) is 11.4 Å². The molecule has 2 heterocycles. The number of hydrogen-bond donors (Lipinski definition) is 3. The Morgan fingerprint density at radius 2 is 1.90 bits per heavy atom. The minimum atomic E-state index is -0.185. The van der Waals surface area contributed by atoms with Crippen molar-refractivity contribution < 1.29 is 4.79 Å². The molecule has 2 aromatic carbocycles. The number of rotatable bonds is 4. The second-order valence-corrected chi connectivity index (χ2v) is 7.98. The average Bonchev–Trinajstić information content (AvgIpc) is 2.75. The first-order valence-electron chi connectivity index (χ1n) is 10.2. The third-order valence-corrected chi connectivity index (χ3v) is 5.87. The van der Waals surface area contributed by atoms with Crippen LogP contribution in [0.25, 0.3) is 5.57 Å². The van der Waals surface area contributed by atoms with Gasteiger partial charge in [0, 0.05) is 44.1 Å². The maximum absolute atomic E-state index is 12.8. The first-order valence-corrected chi connectivity index (χ1v) is 10.6. The van der Waals surface area contributed by atoms with E-state index in [1.165, 1.54) is 11.3 Å². The van der Waals surface area contributed by atoms with Crippen molar-refractivity contribution in [1.29, 1.82) is 0 Å². The average molecular weight is 411 g/mol. The van der Waals surface area contributed by atoms with Gasteiger partial charge in [-0.2, -0.15) is 0 Å². The van der Waals surface area contributed by atoms with Gasteiger partial charge in [-0.25, -0.2) is 0 Å². The first kappa shape index (κ1) is 20.0. The zero-order valence-corrected chi connectivity index (χ0v) is 17.5. The van der Waals surface area contributed by atoms with E-state index >= 15 is 0 Å². The summed E-state index contributed by atoms with van der Waals surface area (Å²) in [4.78, 5) is 15.2. The van der Waals surface area contributed by atoms with E-state index in [0.717, 1.165) is 62.5 Å². The van der Waals surface area contributed by atoms with Crippen molar-refractivity contribution in [2.24, 2.45) is 0 Å². The maximum Gasteiger partial charge on any atom is 0.257 e. The van der Waals surface area contributed by atoms with E-state index in [2.05, 4.69) is 39.9 Å². The summed E-state index contributed by atoms with van der Waals surface area (Å²) in [7, 11) is 0.